The summed E-state index contributed by atoms with van der Waals surface area (Å²) in [5.41, 5.74) is 0.508. The van der Waals surface area contributed by atoms with E-state index in [-0.39, 0.29) is 17.5 Å². The van der Waals surface area contributed by atoms with Crippen LogP contribution in [0, 0.1) is 3.57 Å². The van der Waals surface area contributed by atoms with Crippen molar-refractivity contribution in [2.45, 2.75) is 13.3 Å². The van der Waals surface area contributed by atoms with Crippen LogP contribution in [0.2, 0.25) is 0 Å². The summed E-state index contributed by atoms with van der Waals surface area (Å²) in [6.07, 6.45) is 0.638. The Kier molecular flexibility index (Phi) is 8.88. The van der Waals surface area contributed by atoms with Gasteiger partial charge in [-0.25, -0.2) is 13.2 Å². The standard InChI is InChI=1S/C14H19BrINO4S/c1-2-22(19,20)9-7-17-6-3-8-21-14(18)12-10-11(16)4-5-13(12)15/h4-5,10,17H,2-3,6-9H2,1H3. The zero-order valence-corrected chi connectivity index (χ0v) is 16.8. The van der Waals surface area contributed by atoms with Crippen LogP contribution in [0.3, 0.4) is 0 Å². The number of rotatable bonds is 9. The van der Waals surface area contributed by atoms with Gasteiger partial charge in [-0.05, 0) is 69.7 Å². The molecule has 1 aromatic carbocycles. The molecule has 0 fully saturated rings. The Morgan fingerprint density at radius 1 is 1.36 bits per heavy atom. The molecule has 8 heteroatoms. The number of ether oxygens (including phenoxy) is 1. The summed E-state index contributed by atoms with van der Waals surface area (Å²) in [4.78, 5) is 11.9. The van der Waals surface area contributed by atoms with Gasteiger partial charge in [0.15, 0.2) is 9.84 Å². The Hall–Kier alpha value is -0.190. The van der Waals surface area contributed by atoms with Gasteiger partial charge < -0.3 is 10.1 Å². The number of hydrogen-bond acceptors (Lipinski definition) is 5. The number of sulfone groups is 1. The third kappa shape index (κ3) is 7.38. The number of carbonyl (C=O) groups is 1. The smallest absolute Gasteiger partial charge is 0.339 e. The van der Waals surface area contributed by atoms with Crippen molar-refractivity contribution in [1.82, 2.24) is 5.32 Å². The molecule has 5 nitrogen and oxygen atoms in total. The third-order valence-corrected chi connectivity index (χ3v) is 5.98. The van der Waals surface area contributed by atoms with Gasteiger partial charge in [0, 0.05) is 20.3 Å². The fourth-order valence-electron chi connectivity index (χ4n) is 1.59. The molecule has 124 valence electrons. The fraction of sp³-hybridized carbons (Fsp3) is 0.500. The molecule has 0 aliphatic heterocycles. The quantitative estimate of drug-likeness (QED) is 0.318. The van der Waals surface area contributed by atoms with Crippen LogP contribution in [0.1, 0.15) is 23.7 Å². The van der Waals surface area contributed by atoms with Gasteiger partial charge in [-0.15, -0.1) is 0 Å². The third-order valence-electron chi connectivity index (χ3n) is 2.91. The Balaban J connectivity index is 2.22. The number of carbonyl (C=O) groups excluding carboxylic acids is 1. The molecule has 0 aromatic heterocycles. The van der Waals surface area contributed by atoms with Crippen LogP contribution < -0.4 is 5.32 Å². The number of hydrogen-bond donors (Lipinski definition) is 1. The summed E-state index contributed by atoms with van der Waals surface area (Å²) in [6.45, 7) is 2.97. The number of halogens is 2. The molecule has 22 heavy (non-hydrogen) atoms. The molecule has 0 radical (unpaired) electrons. The van der Waals surface area contributed by atoms with Gasteiger partial charge in [-0.3, -0.25) is 0 Å². The first-order valence-electron chi connectivity index (χ1n) is 6.89. The van der Waals surface area contributed by atoms with Crippen LogP contribution in [0.4, 0.5) is 0 Å². The molecule has 0 atom stereocenters. The lowest BCUT2D eigenvalue weighted by atomic mass is 10.2. The lowest BCUT2D eigenvalue weighted by Gasteiger charge is -2.08. The number of esters is 1. The minimum Gasteiger partial charge on any atom is -0.462 e. The highest BCUT2D eigenvalue weighted by Crippen LogP contribution is 2.20. The molecule has 0 spiro atoms. The van der Waals surface area contributed by atoms with Crippen molar-refractivity contribution in [3.05, 3.63) is 31.8 Å². The first-order valence-corrected chi connectivity index (χ1v) is 10.6. The van der Waals surface area contributed by atoms with Crippen LogP contribution in [0.5, 0.6) is 0 Å². The highest BCUT2D eigenvalue weighted by atomic mass is 127. The van der Waals surface area contributed by atoms with Crippen molar-refractivity contribution in [3.63, 3.8) is 0 Å². The molecule has 0 unspecified atom stereocenters. The maximum Gasteiger partial charge on any atom is 0.339 e. The summed E-state index contributed by atoms with van der Waals surface area (Å²) in [7, 11) is -2.92. The molecule has 0 aliphatic carbocycles. The Morgan fingerprint density at radius 2 is 2.09 bits per heavy atom. The van der Waals surface area contributed by atoms with Gasteiger partial charge in [0.05, 0.1) is 17.9 Å². The molecule has 0 heterocycles. The SMILES string of the molecule is CCS(=O)(=O)CCNCCCOC(=O)c1cc(I)ccc1Br. The van der Waals surface area contributed by atoms with Gasteiger partial charge in [-0.1, -0.05) is 6.92 Å². The summed E-state index contributed by atoms with van der Waals surface area (Å²) in [5.74, 6) is -0.0608. The van der Waals surface area contributed by atoms with E-state index in [2.05, 4.69) is 43.8 Å². The van der Waals surface area contributed by atoms with Crippen molar-refractivity contribution in [1.29, 1.82) is 0 Å². The van der Waals surface area contributed by atoms with E-state index in [4.69, 9.17) is 4.74 Å². The van der Waals surface area contributed by atoms with E-state index >= 15 is 0 Å². The van der Waals surface area contributed by atoms with Crippen LogP contribution in [0.25, 0.3) is 0 Å². The Morgan fingerprint density at radius 3 is 2.77 bits per heavy atom. The highest BCUT2D eigenvalue weighted by molar-refractivity contribution is 14.1. The fourth-order valence-corrected chi connectivity index (χ4v) is 3.23. The largest absolute Gasteiger partial charge is 0.462 e. The second-order valence-corrected chi connectivity index (χ2v) is 9.17. The normalized spacial score (nSPS) is 11.4. The predicted molar refractivity (Wildman–Crippen MR) is 99.0 cm³/mol. The van der Waals surface area contributed by atoms with Crippen molar-refractivity contribution in [3.8, 4) is 0 Å². The minimum atomic E-state index is -2.92. The summed E-state index contributed by atoms with van der Waals surface area (Å²) in [5, 5.41) is 3.03. The van der Waals surface area contributed by atoms with E-state index in [0.29, 0.717) is 36.2 Å². The molecule has 1 rings (SSSR count). The first-order chi connectivity index (χ1) is 10.4. The average molecular weight is 504 g/mol. The van der Waals surface area contributed by atoms with E-state index in [1.54, 1.807) is 13.0 Å². The highest BCUT2D eigenvalue weighted by Gasteiger charge is 2.11. The van der Waals surface area contributed by atoms with Gasteiger partial charge in [0.25, 0.3) is 0 Å². The number of nitrogens with one attached hydrogen (secondary N) is 1. The Labute approximate surface area is 153 Å². The second-order valence-electron chi connectivity index (χ2n) is 4.60. The molecule has 0 saturated heterocycles. The van der Waals surface area contributed by atoms with Crippen molar-refractivity contribution < 1.29 is 17.9 Å². The average Bonchev–Trinajstić information content (AvgIpc) is 2.48. The molecule has 1 N–H and O–H groups in total. The van der Waals surface area contributed by atoms with Gasteiger partial charge >= 0.3 is 5.97 Å². The number of benzene rings is 1. The maximum absolute atomic E-state index is 11.9. The predicted octanol–water partition coefficient (Wildman–Crippen LogP) is 2.62. The zero-order valence-electron chi connectivity index (χ0n) is 12.3. The summed E-state index contributed by atoms with van der Waals surface area (Å²) < 4.78 is 29.4. The van der Waals surface area contributed by atoms with E-state index in [9.17, 15) is 13.2 Å². The molecule has 0 aliphatic rings. The summed E-state index contributed by atoms with van der Waals surface area (Å²) in [6, 6.07) is 5.48. The topological polar surface area (TPSA) is 72.5 Å². The minimum absolute atomic E-state index is 0.138. The van der Waals surface area contributed by atoms with E-state index < -0.39 is 9.84 Å². The van der Waals surface area contributed by atoms with Crippen LogP contribution >= 0.6 is 38.5 Å². The molecule has 0 saturated carbocycles. The van der Waals surface area contributed by atoms with Crippen molar-refractivity contribution in [2.75, 3.05) is 31.2 Å². The van der Waals surface area contributed by atoms with Crippen LogP contribution in [0.15, 0.2) is 22.7 Å². The molecule has 0 bridgehead atoms. The zero-order chi connectivity index (χ0) is 16.6. The van der Waals surface area contributed by atoms with Crippen molar-refractivity contribution in [2.24, 2.45) is 0 Å². The lowest BCUT2D eigenvalue weighted by Crippen LogP contribution is -2.25. The van der Waals surface area contributed by atoms with Gasteiger partial charge in [0.2, 0.25) is 0 Å². The molecule has 0 amide bonds. The Bertz CT molecular complexity index is 607. The lowest BCUT2D eigenvalue weighted by molar-refractivity contribution is 0.0499. The van der Waals surface area contributed by atoms with Gasteiger partial charge in [0.1, 0.15) is 0 Å². The van der Waals surface area contributed by atoms with Gasteiger partial charge in [-0.2, -0.15) is 0 Å². The monoisotopic (exact) mass is 503 g/mol. The van der Waals surface area contributed by atoms with Crippen LogP contribution in [-0.2, 0) is 14.6 Å². The van der Waals surface area contributed by atoms with Crippen LogP contribution in [-0.4, -0.2) is 45.6 Å². The van der Waals surface area contributed by atoms with Crippen molar-refractivity contribution >= 4 is 54.3 Å². The summed E-state index contributed by atoms with van der Waals surface area (Å²) >= 11 is 5.46. The molecular weight excluding hydrogens is 485 g/mol. The molecular formula is C14H19BrINO4S. The second kappa shape index (κ2) is 9.84. The van der Waals surface area contributed by atoms with E-state index in [1.807, 2.05) is 12.1 Å². The molecule has 1 aromatic rings. The first kappa shape index (κ1) is 19.9. The maximum atomic E-state index is 11.9. The van der Waals surface area contributed by atoms with E-state index in [0.717, 1.165) is 3.57 Å². The van der Waals surface area contributed by atoms with E-state index in [1.165, 1.54) is 0 Å².